The average molecular weight is 432 g/mol. The van der Waals surface area contributed by atoms with Crippen LogP contribution in [0.25, 0.3) is 20.8 Å². The topological polar surface area (TPSA) is 80.3 Å². The molecule has 0 spiro atoms. The highest BCUT2D eigenvalue weighted by atomic mass is 32.1. The Labute approximate surface area is 183 Å². The van der Waals surface area contributed by atoms with Crippen LogP contribution in [-0.2, 0) is 4.79 Å². The predicted molar refractivity (Wildman–Crippen MR) is 124 cm³/mol. The van der Waals surface area contributed by atoms with E-state index >= 15 is 0 Å². The van der Waals surface area contributed by atoms with Crippen molar-refractivity contribution in [3.63, 3.8) is 0 Å². The molecule has 0 unspecified atom stereocenters. The van der Waals surface area contributed by atoms with Crippen LogP contribution in [0.4, 0.5) is 5.69 Å². The van der Waals surface area contributed by atoms with Crippen molar-refractivity contribution in [3.05, 3.63) is 78.4 Å². The van der Waals surface area contributed by atoms with Gasteiger partial charge < -0.3 is 15.4 Å². The van der Waals surface area contributed by atoms with Gasteiger partial charge in [-0.15, -0.1) is 11.3 Å². The minimum atomic E-state index is -0.273. The van der Waals surface area contributed by atoms with E-state index in [0.29, 0.717) is 17.0 Å². The highest BCUT2D eigenvalue weighted by molar-refractivity contribution is 7.21. The summed E-state index contributed by atoms with van der Waals surface area (Å²) in [5, 5.41) is 6.54. The maximum Gasteiger partial charge on any atom is 0.255 e. The maximum absolute atomic E-state index is 12.3. The van der Waals surface area contributed by atoms with Gasteiger partial charge >= 0.3 is 0 Å². The summed E-state index contributed by atoms with van der Waals surface area (Å²) < 4.78 is 6.33. The Kier molecular flexibility index (Phi) is 6.24. The number of rotatable bonds is 7. The molecule has 6 nitrogen and oxygen atoms in total. The standard InChI is InChI=1S/C24H21N3O3S/c1-30-20-8-4-2-6-18(20)23(29)25-15-14-22(28)26-17-12-10-16(11-13-17)24-27-19-7-3-5-9-21(19)31-24/h2-13H,14-15H2,1H3,(H,25,29)(H,26,28). The van der Waals surface area contributed by atoms with Gasteiger partial charge in [0.05, 0.1) is 22.9 Å². The molecule has 0 aliphatic heterocycles. The third kappa shape index (κ3) is 4.90. The quantitative estimate of drug-likeness (QED) is 0.443. The van der Waals surface area contributed by atoms with E-state index in [1.807, 2.05) is 42.5 Å². The first-order valence-electron chi connectivity index (χ1n) is 9.81. The van der Waals surface area contributed by atoms with Crippen molar-refractivity contribution in [2.24, 2.45) is 0 Å². The lowest BCUT2D eigenvalue weighted by Crippen LogP contribution is -2.28. The van der Waals surface area contributed by atoms with Crippen LogP contribution < -0.4 is 15.4 Å². The highest BCUT2D eigenvalue weighted by Crippen LogP contribution is 2.30. The SMILES string of the molecule is COc1ccccc1C(=O)NCCC(=O)Nc1ccc(-c2nc3ccccc3s2)cc1. The van der Waals surface area contributed by atoms with Crippen LogP contribution in [0, 0.1) is 0 Å². The number of aromatic nitrogens is 1. The maximum atomic E-state index is 12.3. The van der Waals surface area contributed by atoms with Gasteiger partial charge in [0, 0.05) is 24.2 Å². The van der Waals surface area contributed by atoms with E-state index in [0.717, 1.165) is 20.8 Å². The lowest BCUT2D eigenvalue weighted by Gasteiger charge is -2.09. The molecule has 0 atom stereocenters. The van der Waals surface area contributed by atoms with Crippen LogP contribution in [0.5, 0.6) is 5.75 Å². The molecular formula is C24H21N3O3S. The summed E-state index contributed by atoms with van der Waals surface area (Å²) in [7, 11) is 1.52. The van der Waals surface area contributed by atoms with Crippen LogP contribution in [0.15, 0.2) is 72.8 Å². The number of amides is 2. The average Bonchev–Trinajstić information content (AvgIpc) is 3.23. The molecule has 4 aromatic rings. The Hall–Kier alpha value is -3.71. The number of hydrogen-bond acceptors (Lipinski definition) is 5. The molecule has 0 fully saturated rings. The normalized spacial score (nSPS) is 10.6. The van der Waals surface area contributed by atoms with Crippen LogP contribution in [0.3, 0.4) is 0 Å². The van der Waals surface area contributed by atoms with Crippen LogP contribution in [0.2, 0.25) is 0 Å². The molecule has 0 saturated carbocycles. The molecule has 31 heavy (non-hydrogen) atoms. The fraction of sp³-hybridized carbons (Fsp3) is 0.125. The summed E-state index contributed by atoms with van der Waals surface area (Å²) >= 11 is 1.64. The zero-order valence-electron chi connectivity index (χ0n) is 16.9. The molecule has 0 saturated heterocycles. The molecule has 1 aromatic heterocycles. The van der Waals surface area contributed by atoms with Gasteiger partial charge in [-0.25, -0.2) is 4.98 Å². The van der Waals surface area contributed by atoms with E-state index in [4.69, 9.17) is 4.74 Å². The Balaban J connectivity index is 1.30. The largest absolute Gasteiger partial charge is 0.496 e. The van der Waals surface area contributed by atoms with Gasteiger partial charge in [-0.05, 0) is 48.5 Å². The van der Waals surface area contributed by atoms with Gasteiger partial charge in [-0.3, -0.25) is 9.59 Å². The van der Waals surface area contributed by atoms with E-state index < -0.39 is 0 Å². The number of benzene rings is 3. The van der Waals surface area contributed by atoms with Crippen molar-refractivity contribution in [3.8, 4) is 16.3 Å². The monoisotopic (exact) mass is 431 g/mol. The van der Waals surface area contributed by atoms with Crippen LogP contribution in [0.1, 0.15) is 16.8 Å². The number of para-hydroxylation sites is 2. The third-order valence-corrected chi connectivity index (χ3v) is 5.78. The smallest absolute Gasteiger partial charge is 0.255 e. The van der Waals surface area contributed by atoms with Crippen LogP contribution in [-0.4, -0.2) is 30.5 Å². The van der Waals surface area contributed by atoms with Gasteiger partial charge in [-0.1, -0.05) is 24.3 Å². The summed E-state index contributed by atoms with van der Waals surface area (Å²) in [4.78, 5) is 29.2. The minimum Gasteiger partial charge on any atom is -0.496 e. The van der Waals surface area contributed by atoms with Crippen LogP contribution >= 0.6 is 11.3 Å². The minimum absolute atomic E-state index is 0.167. The number of fused-ring (bicyclic) bond motifs is 1. The molecule has 7 heteroatoms. The molecule has 156 valence electrons. The summed E-state index contributed by atoms with van der Waals surface area (Å²) in [5.41, 5.74) is 3.13. The van der Waals surface area contributed by atoms with Gasteiger partial charge in [-0.2, -0.15) is 0 Å². The third-order valence-electron chi connectivity index (χ3n) is 4.70. The molecule has 3 aromatic carbocycles. The number of ether oxygens (including phenoxy) is 1. The second kappa shape index (κ2) is 9.40. The number of carbonyl (C=O) groups is 2. The molecule has 0 aliphatic carbocycles. The molecule has 0 bridgehead atoms. The lowest BCUT2D eigenvalue weighted by atomic mass is 10.2. The van der Waals surface area contributed by atoms with E-state index in [1.165, 1.54) is 7.11 Å². The zero-order valence-corrected chi connectivity index (χ0v) is 17.7. The fourth-order valence-corrected chi connectivity index (χ4v) is 4.10. The van der Waals surface area contributed by atoms with Gasteiger partial charge in [0.25, 0.3) is 5.91 Å². The first-order chi connectivity index (χ1) is 15.1. The second-order valence-electron chi connectivity index (χ2n) is 6.82. The predicted octanol–water partition coefficient (Wildman–Crippen LogP) is 4.73. The Morgan fingerprint density at radius 1 is 0.968 bits per heavy atom. The fourth-order valence-electron chi connectivity index (χ4n) is 3.13. The van der Waals surface area contributed by atoms with Crippen molar-refractivity contribution < 1.29 is 14.3 Å². The second-order valence-corrected chi connectivity index (χ2v) is 7.85. The number of hydrogen-bond donors (Lipinski definition) is 2. The highest BCUT2D eigenvalue weighted by Gasteiger charge is 2.12. The molecule has 2 N–H and O–H groups in total. The van der Waals surface area contributed by atoms with E-state index in [-0.39, 0.29) is 24.8 Å². The summed E-state index contributed by atoms with van der Waals surface area (Å²) in [6, 6.07) is 22.6. The van der Waals surface area contributed by atoms with Gasteiger partial charge in [0.2, 0.25) is 5.91 Å². The van der Waals surface area contributed by atoms with Crippen molar-refractivity contribution in [1.82, 2.24) is 10.3 Å². The Bertz CT molecular complexity index is 1190. The molecule has 0 radical (unpaired) electrons. The van der Waals surface area contributed by atoms with E-state index in [9.17, 15) is 9.59 Å². The first-order valence-corrected chi connectivity index (χ1v) is 10.6. The van der Waals surface area contributed by atoms with Gasteiger partial charge in [0.15, 0.2) is 0 Å². The number of nitrogens with zero attached hydrogens (tertiary/aromatic N) is 1. The van der Waals surface area contributed by atoms with E-state index in [1.54, 1.807) is 35.6 Å². The summed E-state index contributed by atoms with van der Waals surface area (Å²) in [6.07, 6.45) is 0.167. The number of anilines is 1. The Morgan fingerprint density at radius 2 is 1.71 bits per heavy atom. The molecule has 1 heterocycles. The number of methoxy groups -OCH3 is 1. The van der Waals surface area contributed by atoms with E-state index in [2.05, 4.69) is 21.7 Å². The molecule has 4 rings (SSSR count). The van der Waals surface area contributed by atoms with Gasteiger partial charge in [0.1, 0.15) is 10.8 Å². The Morgan fingerprint density at radius 3 is 2.48 bits per heavy atom. The lowest BCUT2D eigenvalue weighted by molar-refractivity contribution is -0.116. The van der Waals surface area contributed by atoms with Crippen molar-refractivity contribution in [2.75, 3.05) is 19.0 Å². The van der Waals surface area contributed by atoms with Crippen molar-refractivity contribution >= 4 is 39.1 Å². The summed E-state index contributed by atoms with van der Waals surface area (Å²) in [6.45, 7) is 0.229. The van der Waals surface area contributed by atoms with Crippen molar-refractivity contribution in [1.29, 1.82) is 0 Å². The van der Waals surface area contributed by atoms with Crippen molar-refractivity contribution in [2.45, 2.75) is 6.42 Å². The molecule has 2 amide bonds. The number of carbonyl (C=O) groups excluding carboxylic acids is 2. The zero-order chi connectivity index (χ0) is 21.6. The number of nitrogens with one attached hydrogen (secondary N) is 2. The first kappa shape index (κ1) is 20.6. The summed E-state index contributed by atoms with van der Waals surface area (Å²) in [5.74, 6) is 0.0520. The molecular weight excluding hydrogens is 410 g/mol. The number of thiazole rings is 1. The molecule has 0 aliphatic rings.